The van der Waals surface area contributed by atoms with Crippen molar-refractivity contribution in [1.29, 1.82) is 0 Å². The highest BCUT2D eigenvalue weighted by Crippen LogP contribution is 2.19. The van der Waals surface area contributed by atoms with Gasteiger partial charge in [0, 0.05) is 36.3 Å². The summed E-state index contributed by atoms with van der Waals surface area (Å²) in [6.07, 6.45) is 0. The van der Waals surface area contributed by atoms with E-state index in [-0.39, 0.29) is 11.8 Å². The van der Waals surface area contributed by atoms with Gasteiger partial charge in [-0.3, -0.25) is 9.59 Å². The lowest BCUT2D eigenvalue weighted by molar-refractivity contribution is -0.116. The van der Waals surface area contributed by atoms with Crippen LogP contribution in [-0.2, 0) is 4.79 Å². The molecule has 0 saturated heterocycles. The lowest BCUT2D eigenvalue weighted by Gasteiger charge is -2.23. The Kier molecular flexibility index (Phi) is 5.77. The Labute approximate surface area is 141 Å². The molecule has 0 aliphatic heterocycles. The summed E-state index contributed by atoms with van der Waals surface area (Å²) < 4.78 is 0. The van der Waals surface area contributed by atoms with Crippen molar-refractivity contribution in [3.05, 3.63) is 64.7 Å². The van der Waals surface area contributed by atoms with E-state index in [2.05, 4.69) is 5.32 Å². The number of hydrogen-bond acceptors (Lipinski definition) is 2. The van der Waals surface area contributed by atoms with Gasteiger partial charge in [0.1, 0.15) is 0 Å². The number of aryl methyl sites for hydroxylation is 1. The van der Waals surface area contributed by atoms with Gasteiger partial charge in [0.05, 0.1) is 0 Å². The molecule has 2 rings (SSSR count). The number of nitrogens with zero attached hydrogens (tertiary/aromatic N) is 1. The second kappa shape index (κ2) is 7.79. The van der Waals surface area contributed by atoms with Crippen LogP contribution in [0.15, 0.2) is 48.5 Å². The number of nitrogens with one attached hydrogen (secondary N) is 1. The molecule has 0 saturated carbocycles. The van der Waals surface area contributed by atoms with E-state index in [1.54, 1.807) is 29.2 Å². The second-order valence-corrected chi connectivity index (χ2v) is 5.66. The smallest absolute Gasteiger partial charge is 0.251 e. The average molecular weight is 331 g/mol. The fraction of sp³-hybridized carbons (Fsp3) is 0.222. The predicted molar refractivity (Wildman–Crippen MR) is 93.0 cm³/mol. The largest absolute Gasteiger partial charge is 0.350 e. The van der Waals surface area contributed by atoms with Crippen LogP contribution >= 0.6 is 11.6 Å². The molecule has 23 heavy (non-hydrogen) atoms. The molecule has 5 heteroatoms. The highest BCUT2D eigenvalue weighted by atomic mass is 35.5. The number of rotatable bonds is 5. The Morgan fingerprint density at radius 1 is 1.09 bits per heavy atom. The highest BCUT2D eigenvalue weighted by Gasteiger charge is 2.13. The minimum atomic E-state index is -0.185. The zero-order valence-corrected chi connectivity index (χ0v) is 13.9. The third kappa shape index (κ3) is 4.57. The quantitative estimate of drug-likeness (QED) is 0.913. The molecule has 0 aliphatic carbocycles. The number of halogens is 1. The van der Waals surface area contributed by atoms with Gasteiger partial charge in [0.2, 0.25) is 5.91 Å². The number of carbonyl (C=O) groups is 2. The molecule has 0 aliphatic rings. The van der Waals surface area contributed by atoms with E-state index in [1.807, 2.05) is 31.2 Å². The highest BCUT2D eigenvalue weighted by molar-refractivity contribution is 6.30. The van der Waals surface area contributed by atoms with Gasteiger partial charge < -0.3 is 10.2 Å². The molecule has 2 amide bonds. The lowest BCUT2D eigenvalue weighted by atomic mass is 10.2. The molecule has 0 fully saturated rings. The van der Waals surface area contributed by atoms with Crippen molar-refractivity contribution in [2.75, 3.05) is 18.0 Å². The molecule has 0 aromatic heterocycles. The Morgan fingerprint density at radius 2 is 1.74 bits per heavy atom. The summed E-state index contributed by atoms with van der Waals surface area (Å²) in [4.78, 5) is 25.6. The van der Waals surface area contributed by atoms with Gasteiger partial charge in [0.25, 0.3) is 5.91 Å². The number of carbonyl (C=O) groups excluding carboxylic acids is 2. The van der Waals surface area contributed by atoms with Gasteiger partial charge in [0.15, 0.2) is 0 Å². The van der Waals surface area contributed by atoms with E-state index in [4.69, 9.17) is 11.6 Å². The van der Waals surface area contributed by atoms with Crippen LogP contribution in [0.3, 0.4) is 0 Å². The molecular weight excluding hydrogens is 312 g/mol. The van der Waals surface area contributed by atoms with Gasteiger partial charge in [-0.15, -0.1) is 0 Å². The van der Waals surface area contributed by atoms with Gasteiger partial charge in [-0.1, -0.05) is 29.8 Å². The summed E-state index contributed by atoms with van der Waals surface area (Å²) in [5.41, 5.74) is 2.42. The summed E-state index contributed by atoms with van der Waals surface area (Å²) in [6.45, 7) is 4.26. The van der Waals surface area contributed by atoms with Crippen LogP contribution in [0.4, 0.5) is 5.69 Å². The molecule has 0 heterocycles. The molecule has 120 valence electrons. The molecule has 0 spiro atoms. The van der Waals surface area contributed by atoms with Gasteiger partial charge in [-0.2, -0.15) is 0 Å². The molecule has 1 N–H and O–H groups in total. The minimum absolute atomic E-state index is 0.0555. The molecule has 0 atom stereocenters. The Hall–Kier alpha value is -2.33. The third-order valence-electron chi connectivity index (χ3n) is 3.51. The molecule has 2 aromatic rings. The predicted octanol–water partition coefficient (Wildman–Crippen LogP) is 3.43. The average Bonchev–Trinajstić information content (AvgIpc) is 2.53. The zero-order valence-electron chi connectivity index (χ0n) is 13.2. The number of amides is 2. The van der Waals surface area contributed by atoms with Crippen molar-refractivity contribution >= 4 is 29.1 Å². The van der Waals surface area contributed by atoms with E-state index >= 15 is 0 Å². The first-order valence-electron chi connectivity index (χ1n) is 7.36. The summed E-state index contributed by atoms with van der Waals surface area (Å²) in [6, 6.07) is 14.4. The summed E-state index contributed by atoms with van der Waals surface area (Å²) in [7, 11) is 0. The van der Waals surface area contributed by atoms with Crippen molar-refractivity contribution in [2.45, 2.75) is 13.8 Å². The van der Waals surface area contributed by atoms with Crippen LogP contribution in [0.1, 0.15) is 22.8 Å². The van der Waals surface area contributed by atoms with E-state index in [1.165, 1.54) is 6.92 Å². The summed E-state index contributed by atoms with van der Waals surface area (Å²) in [5.74, 6) is -0.241. The van der Waals surface area contributed by atoms with Crippen LogP contribution < -0.4 is 10.2 Å². The summed E-state index contributed by atoms with van der Waals surface area (Å²) >= 11 is 5.80. The fourth-order valence-corrected chi connectivity index (χ4v) is 2.42. The molecule has 2 aromatic carbocycles. The SMILES string of the molecule is CC(=O)N(CCNC(=O)c1ccc(Cl)cc1)c1ccccc1C. The van der Waals surface area contributed by atoms with Crippen molar-refractivity contribution in [1.82, 2.24) is 5.32 Å². The van der Waals surface area contributed by atoms with E-state index < -0.39 is 0 Å². The number of anilines is 1. The van der Waals surface area contributed by atoms with Gasteiger partial charge in [-0.25, -0.2) is 0 Å². The number of benzene rings is 2. The number of para-hydroxylation sites is 1. The van der Waals surface area contributed by atoms with Crippen LogP contribution in [-0.4, -0.2) is 24.9 Å². The van der Waals surface area contributed by atoms with Crippen molar-refractivity contribution < 1.29 is 9.59 Å². The van der Waals surface area contributed by atoms with Crippen molar-refractivity contribution in [2.24, 2.45) is 0 Å². The van der Waals surface area contributed by atoms with E-state index in [0.717, 1.165) is 11.3 Å². The molecule has 0 bridgehead atoms. The second-order valence-electron chi connectivity index (χ2n) is 5.22. The lowest BCUT2D eigenvalue weighted by Crippen LogP contribution is -2.37. The van der Waals surface area contributed by atoms with Gasteiger partial charge >= 0.3 is 0 Å². The Balaban J connectivity index is 1.97. The molecule has 4 nitrogen and oxygen atoms in total. The maximum Gasteiger partial charge on any atom is 0.251 e. The molecule has 0 unspecified atom stereocenters. The Bertz CT molecular complexity index is 698. The maximum absolute atomic E-state index is 12.1. The van der Waals surface area contributed by atoms with Crippen LogP contribution in [0, 0.1) is 6.92 Å². The van der Waals surface area contributed by atoms with E-state index in [9.17, 15) is 9.59 Å². The molecule has 0 radical (unpaired) electrons. The Morgan fingerprint density at radius 3 is 2.35 bits per heavy atom. The minimum Gasteiger partial charge on any atom is -0.350 e. The first kappa shape index (κ1) is 17.0. The van der Waals surface area contributed by atoms with E-state index in [0.29, 0.717) is 23.7 Å². The molecular formula is C18H19ClN2O2. The van der Waals surface area contributed by atoms with Crippen molar-refractivity contribution in [3.63, 3.8) is 0 Å². The standard InChI is InChI=1S/C18H19ClN2O2/c1-13-5-3-4-6-17(13)21(14(2)22)12-11-20-18(23)15-7-9-16(19)10-8-15/h3-10H,11-12H2,1-2H3,(H,20,23). The number of hydrogen-bond donors (Lipinski definition) is 1. The first-order chi connectivity index (χ1) is 11.0. The van der Waals surface area contributed by atoms with Crippen LogP contribution in [0.2, 0.25) is 5.02 Å². The van der Waals surface area contributed by atoms with Gasteiger partial charge in [-0.05, 0) is 42.8 Å². The third-order valence-corrected chi connectivity index (χ3v) is 3.77. The van der Waals surface area contributed by atoms with Crippen LogP contribution in [0.5, 0.6) is 0 Å². The topological polar surface area (TPSA) is 49.4 Å². The first-order valence-corrected chi connectivity index (χ1v) is 7.74. The zero-order chi connectivity index (χ0) is 16.8. The normalized spacial score (nSPS) is 10.2. The monoisotopic (exact) mass is 330 g/mol. The van der Waals surface area contributed by atoms with Crippen molar-refractivity contribution in [3.8, 4) is 0 Å². The van der Waals surface area contributed by atoms with Crippen LogP contribution in [0.25, 0.3) is 0 Å². The maximum atomic E-state index is 12.1. The fourth-order valence-electron chi connectivity index (χ4n) is 2.30. The summed E-state index contributed by atoms with van der Waals surface area (Å²) in [5, 5.41) is 3.40.